The molecule has 328 valence electrons. The monoisotopic (exact) mass is 896 g/mol. The van der Waals surface area contributed by atoms with Crippen molar-refractivity contribution in [1.82, 2.24) is 30.2 Å². The number of aliphatic hydroxyl groups is 1. The molecule has 0 aliphatic carbocycles. The van der Waals surface area contributed by atoms with Gasteiger partial charge in [-0.15, -0.1) is 5.10 Å². The minimum atomic E-state index is -3.98. The van der Waals surface area contributed by atoms with E-state index in [9.17, 15) is 23.4 Å². The van der Waals surface area contributed by atoms with Gasteiger partial charge >= 0.3 is 0 Å². The Hall–Kier alpha value is -6.20. The van der Waals surface area contributed by atoms with Crippen molar-refractivity contribution >= 4 is 27.7 Å². The number of carbonyl (C=O) groups is 1. The van der Waals surface area contributed by atoms with Crippen LogP contribution in [-0.2, 0) is 43.9 Å². The number of phenolic OH excluding ortho intramolecular Hbond substituents is 1. The van der Waals surface area contributed by atoms with Gasteiger partial charge in [-0.05, 0) is 99.6 Å². The second kappa shape index (κ2) is 20.1. The van der Waals surface area contributed by atoms with Crippen molar-refractivity contribution in [3.8, 4) is 22.6 Å². The highest BCUT2D eigenvalue weighted by molar-refractivity contribution is 7.99. The van der Waals surface area contributed by atoms with Crippen LogP contribution in [0.4, 0.5) is 0 Å². The number of phenols is 1. The third-order valence-corrected chi connectivity index (χ3v) is 13.7. The van der Waals surface area contributed by atoms with Crippen molar-refractivity contribution in [3.05, 3.63) is 185 Å². The summed E-state index contributed by atoms with van der Waals surface area (Å²) in [6, 6.07) is 45.0. The van der Waals surface area contributed by atoms with E-state index in [1.165, 1.54) is 23.9 Å². The standard InChI is InChI=1S/C49H48N6O7S2/c1-32-11-25-43(26-12-32)64(59,60)52-44(28-34-7-4-3-5-8-34)47(58)50-29-36-9-6-10-40(27-36)37-17-19-39(20-18-37)48-61-45(33(2)46(62-48)38-15-13-35(30-56)14-16-38)31-63-49-51-53-54-55(49)41-21-23-42(57)24-22-41/h3-27,33,44-46,48,52,56-57H,28-31H2,1-2H3,(H,50,58)/t33-,44-,45+,46+,48+/m1/s1. The average Bonchev–Trinajstić information content (AvgIpc) is 3.80. The lowest BCUT2D eigenvalue weighted by molar-refractivity contribution is -0.268. The van der Waals surface area contributed by atoms with Gasteiger partial charge in [0.15, 0.2) is 6.29 Å². The largest absolute Gasteiger partial charge is 0.508 e. The van der Waals surface area contributed by atoms with Crippen LogP contribution in [0, 0.1) is 12.8 Å². The fourth-order valence-electron chi connectivity index (χ4n) is 7.51. The number of benzene rings is 6. The molecule has 7 aromatic rings. The molecule has 1 aromatic heterocycles. The van der Waals surface area contributed by atoms with Crippen molar-refractivity contribution in [2.24, 2.45) is 5.92 Å². The lowest BCUT2D eigenvalue weighted by Gasteiger charge is -2.41. The summed E-state index contributed by atoms with van der Waals surface area (Å²) in [5.41, 5.74) is 7.80. The van der Waals surface area contributed by atoms with Gasteiger partial charge in [0.1, 0.15) is 11.8 Å². The predicted octanol–water partition coefficient (Wildman–Crippen LogP) is 7.63. The van der Waals surface area contributed by atoms with Gasteiger partial charge in [-0.3, -0.25) is 4.79 Å². The molecule has 0 spiro atoms. The zero-order valence-corrected chi connectivity index (χ0v) is 36.8. The average molecular weight is 897 g/mol. The molecule has 4 N–H and O–H groups in total. The lowest BCUT2D eigenvalue weighted by Crippen LogP contribution is -2.47. The minimum Gasteiger partial charge on any atom is -0.508 e. The number of carbonyl (C=O) groups excluding carboxylic acids is 1. The quantitative estimate of drug-likeness (QED) is 0.0702. The van der Waals surface area contributed by atoms with Crippen LogP contribution in [0.5, 0.6) is 5.75 Å². The number of aromatic nitrogens is 4. The number of rotatable bonds is 16. The Morgan fingerprint density at radius 3 is 2.22 bits per heavy atom. The van der Waals surface area contributed by atoms with Crippen LogP contribution in [0.25, 0.3) is 16.8 Å². The fourth-order valence-corrected chi connectivity index (χ4v) is 9.76. The van der Waals surface area contributed by atoms with Crippen LogP contribution >= 0.6 is 11.8 Å². The molecular formula is C49H48N6O7S2. The highest BCUT2D eigenvalue weighted by Gasteiger charge is 2.39. The summed E-state index contributed by atoms with van der Waals surface area (Å²) in [5.74, 6) is 0.172. The Bertz CT molecular complexity index is 2760. The molecule has 1 aliphatic rings. The van der Waals surface area contributed by atoms with Crippen molar-refractivity contribution in [1.29, 1.82) is 0 Å². The molecule has 15 heteroatoms. The van der Waals surface area contributed by atoms with Gasteiger partial charge in [-0.1, -0.05) is 133 Å². The van der Waals surface area contributed by atoms with E-state index in [0.29, 0.717) is 16.6 Å². The first-order valence-electron chi connectivity index (χ1n) is 20.8. The van der Waals surface area contributed by atoms with Crippen molar-refractivity contribution < 1.29 is 32.9 Å². The third kappa shape index (κ3) is 10.8. The van der Waals surface area contributed by atoms with Gasteiger partial charge < -0.3 is 25.0 Å². The van der Waals surface area contributed by atoms with E-state index < -0.39 is 28.3 Å². The molecule has 1 aliphatic heterocycles. The number of ether oxygens (including phenoxy) is 2. The van der Waals surface area contributed by atoms with Crippen LogP contribution < -0.4 is 10.0 Å². The number of nitrogens with zero attached hydrogens (tertiary/aromatic N) is 4. The van der Waals surface area contributed by atoms with E-state index in [0.717, 1.165) is 44.5 Å². The van der Waals surface area contributed by atoms with Crippen LogP contribution in [0.15, 0.2) is 162 Å². The number of nitrogens with one attached hydrogen (secondary N) is 2. The summed E-state index contributed by atoms with van der Waals surface area (Å²) in [5, 5.41) is 35.3. The van der Waals surface area contributed by atoms with Crippen molar-refractivity contribution in [3.63, 3.8) is 0 Å². The maximum Gasteiger partial charge on any atom is 0.241 e. The zero-order valence-electron chi connectivity index (χ0n) is 35.2. The normalized spacial score (nSPS) is 18.0. The number of hydrogen-bond donors (Lipinski definition) is 4. The summed E-state index contributed by atoms with van der Waals surface area (Å²) in [7, 11) is -3.98. The molecule has 64 heavy (non-hydrogen) atoms. The van der Waals surface area contributed by atoms with Gasteiger partial charge in [0.25, 0.3) is 0 Å². The highest BCUT2D eigenvalue weighted by Crippen LogP contribution is 2.43. The highest BCUT2D eigenvalue weighted by atomic mass is 32.2. The number of aryl methyl sites for hydroxylation is 1. The molecule has 5 atom stereocenters. The summed E-state index contributed by atoms with van der Waals surface area (Å²) in [6.07, 6.45) is -1.11. The number of aliphatic hydroxyl groups excluding tert-OH is 1. The summed E-state index contributed by atoms with van der Waals surface area (Å²) in [6.45, 7) is 4.11. The zero-order chi connectivity index (χ0) is 44.6. The summed E-state index contributed by atoms with van der Waals surface area (Å²) < 4.78 is 44.5. The van der Waals surface area contributed by atoms with Gasteiger partial charge in [0.05, 0.1) is 29.4 Å². The SMILES string of the molecule is Cc1ccc(S(=O)(=O)N[C@H](Cc2ccccc2)C(=O)NCc2cccc(-c3ccc([C@H]4O[C@@H](CSc5nnnn5-c5ccc(O)cc5)[C@@H](C)[C@@H](c5ccc(CO)cc5)O4)cc3)c2)cc1. The Balaban J connectivity index is 0.966. The number of aromatic hydroxyl groups is 1. The van der Waals surface area contributed by atoms with Gasteiger partial charge in [0.2, 0.25) is 21.1 Å². The van der Waals surface area contributed by atoms with Gasteiger partial charge in [0, 0.05) is 23.8 Å². The Labute approximate surface area is 376 Å². The van der Waals surface area contributed by atoms with E-state index >= 15 is 0 Å². The maximum atomic E-state index is 13.7. The molecule has 6 aromatic carbocycles. The van der Waals surface area contributed by atoms with E-state index in [1.54, 1.807) is 41.1 Å². The minimum absolute atomic E-state index is 0.0554. The fraction of sp³-hybridized carbons (Fsp3) is 0.224. The van der Waals surface area contributed by atoms with E-state index in [4.69, 9.17) is 9.47 Å². The van der Waals surface area contributed by atoms with E-state index in [1.807, 2.05) is 110 Å². The molecule has 1 fully saturated rings. The van der Waals surface area contributed by atoms with Crippen LogP contribution in [0.2, 0.25) is 0 Å². The smallest absolute Gasteiger partial charge is 0.241 e. The number of thioether (sulfide) groups is 1. The van der Waals surface area contributed by atoms with E-state index in [-0.39, 0.29) is 48.3 Å². The van der Waals surface area contributed by atoms with Gasteiger partial charge in [-0.2, -0.15) is 9.40 Å². The molecule has 1 saturated heterocycles. The molecule has 0 radical (unpaired) electrons. The molecule has 0 bridgehead atoms. The van der Waals surface area contributed by atoms with Crippen molar-refractivity contribution in [2.75, 3.05) is 5.75 Å². The van der Waals surface area contributed by atoms with Crippen molar-refractivity contribution in [2.45, 2.75) is 68.0 Å². The Kier molecular flexibility index (Phi) is 13.9. The maximum absolute atomic E-state index is 13.7. The number of tetrazole rings is 1. The molecule has 0 saturated carbocycles. The van der Waals surface area contributed by atoms with Crippen LogP contribution in [0.3, 0.4) is 0 Å². The molecule has 1 amide bonds. The molecule has 8 rings (SSSR count). The Morgan fingerprint density at radius 1 is 0.797 bits per heavy atom. The molecule has 13 nitrogen and oxygen atoms in total. The molecular weight excluding hydrogens is 849 g/mol. The summed E-state index contributed by atoms with van der Waals surface area (Å²) >= 11 is 1.47. The first kappa shape index (κ1) is 44.4. The van der Waals surface area contributed by atoms with E-state index in [2.05, 4.69) is 32.5 Å². The summed E-state index contributed by atoms with van der Waals surface area (Å²) in [4.78, 5) is 13.8. The van der Waals surface area contributed by atoms with Crippen LogP contribution in [-0.4, -0.2) is 62.6 Å². The first-order valence-corrected chi connectivity index (χ1v) is 23.3. The molecule has 2 heterocycles. The predicted molar refractivity (Wildman–Crippen MR) is 244 cm³/mol. The second-order valence-electron chi connectivity index (χ2n) is 15.7. The second-order valence-corrected chi connectivity index (χ2v) is 18.4. The topological polar surface area (TPSA) is 178 Å². The first-order chi connectivity index (χ1) is 31.0. The van der Waals surface area contributed by atoms with Gasteiger partial charge in [-0.25, -0.2) is 8.42 Å². The van der Waals surface area contributed by atoms with Crippen LogP contribution in [0.1, 0.15) is 52.7 Å². The third-order valence-electron chi connectivity index (χ3n) is 11.2. The number of sulfonamides is 1. The lowest BCUT2D eigenvalue weighted by atomic mass is 9.91. The Morgan fingerprint density at radius 2 is 1.50 bits per heavy atom. The molecule has 0 unspecified atom stereocenters. The number of hydrogen-bond acceptors (Lipinski definition) is 11. The number of amides is 1.